The highest BCUT2D eigenvalue weighted by Gasteiger charge is 2.29. The van der Waals surface area contributed by atoms with Crippen molar-refractivity contribution in [1.29, 1.82) is 5.26 Å². The van der Waals surface area contributed by atoms with Gasteiger partial charge in [-0.2, -0.15) is 5.26 Å². The standard InChI is InChI=1S/C30H30FN5O/c1-30(37-2)14-16-35(17-15-30)25-10-12-26(13-11-25)36-28(23-8-9-24(20-32)27(31)18-23)19-29(34-36)33-21-22-6-4-3-5-7-22/h3-13,18-19H,14-17,21H2,1-2H3,(H,33,34). The Bertz CT molecular complexity index is 1400. The van der Waals surface area contributed by atoms with E-state index >= 15 is 0 Å². The predicted octanol–water partition coefficient (Wildman–Crippen LogP) is 6.17. The van der Waals surface area contributed by atoms with Crippen molar-refractivity contribution < 1.29 is 9.13 Å². The molecule has 1 N–H and O–H groups in total. The first kappa shape index (κ1) is 24.5. The molecule has 0 atom stereocenters. The number of hydrogen-bond donors (Lipinski definition) is 1. The van der Waals surface area contributed by atoms with Gasteiger partial charge >= 0.3 is 0 Å². The molecule has 1 aromatic heterocycles. The number of nitrogens with one attached hydrogen (secondary N) is 1. The fourth-order valence-corrected chi connectivity index (χ4v) is 4.67. The number of nitriles is 1. The summed E-state index contributed by atoms with van der Waals surface area (Å²) >= 11 is 0. The molecule has 0 amide bonds. The van der Waals surface area contributed by atoms with E-state index in [2.05, 4.69) is 41.4 Å². The van der Waals surface area contributed by atoms with Crippen LogP contribution in [-0.2, 0) is 11.3 Å². The number of methoxy groups -OCH3 is 1. The maximum atomic E-state index is 14.5. The van der Waals surface area contributed by atoms with Crippen LogP contribution in [0.25, 0.3) is 16.9 Å². The minimum absolute atomic E-state index is 0.0210. The van der Waals surface area contributed by atoms with Gasteiger partial charge in [0.05, 0.1) is 22.5 Å². The molecular weight excluding hydrogens is 465 g/mol. The highest BCUT2D eigenvalue weighted by Crippen LogP contribution is 2.31. The van der Waals surface area contributed by atoms with Gasteiger partial charge in [0.15, 0.2) is 0 Å². The van der Waals surface area contributed by atoms with E-state index in [-0.39, 0.29) is 11.2 Å². The van der Waals surface area contributed by atoms with Crippen LogP contribution >= 0.6 is 0 Å². The molecule has 1 fully saturated rings. The fraction of sp³-hybridized carbons (Fsp3) is 0.267. The lowest BCUT2D eigenvalue weighted by Gasteiger charge is -2.39. The van der Waals surface area contributed by atoms with E-state index in [4.69, 9.17) is 15.1 Å². The summed E-state index contributed by atoms with van der Waals surface area (Å²) in [6.45, 7) is 4.67. The van der Waals surface area contributed by atoms with Gasteiger partial charge in [-0.25, -0.2) is 9.07 Å². The molecule has 0 saturated carbocycles. The quantitative estimate of drug-likeness (QED) is 0.332. The average molecular weight is 496 g/mol. The Morgan fingerprint density at radius 3 is 2.35 bits per heavy atom. The Hall–Kier alpha value is -4.15. The van der Waals surface area contributed by atoms with Crippen molar-refractivity contribution in [2.45, 2.75) is 31.9 Å². The average Bonchev–Trinajstić information content (AvgIpc) is 3.37. The Labute approximate surface area is 216 Å². The lowest BCUT2D eigenvalue weighted by atomic mass is 9.93. The molecule has 2 heterocycles. The largest absolute Gasteiger partial charge is 0.378 e. The van der Waals surface area contributed by atoms with Crippen molar-refractivity contribution >= 4 is 11.5 Å². The number of aromatic nitrogens is 2. The van der Waals surface area contributed by atoms with Crippen LogP contribution in [0.3, 0.4) is 0 Å². The van der Waals surface area contributed by atoms with Gasteiger partial charge in [0, 0.05) is 44.1 Å². The Morgan fingerprint density at radius 1 is 1.00 bits per heavy atom. The van der Waals surface area contributed by atoms with Crippen LogP contribution in [-0.4, -0.2) is 35.6 Å². The molecule has 0 aliphatic carbocycles. The first-order valence-corrected chi connectivity index (χ1v) is 12.5. The zero-order valence-electron chi connectivity index (χ0n) is 21.1. The second-order valence-electron chi connectivity index (χ2n) is 9.63. The Balaban J connectivity index is 1.44. The molecular formula is C30H30FN5O. The molecule has 0 radical (unpaired) electrons. The molecule has 37 heavy (non-hydrogen) atoms. The second kappa shape index (κ2) is 10.5. The van der Waals surface area contributed by atoms with E-state index in [1.165, 1.54) is 12.1 Å². The van der Waals surface area contributed by atoms with Crippen LogP contribution in [0.2, 0.25) is 0 Å². The van der Waals surface area contributed by atoms with E-state index < -0.39 is 5.82 Å². The third-order valence-corrected chi connectivity index (χ3v) is 7.18. The van der Waals surface area contributed by atoms with E-state index in [0.717, 1.165) is 48.6 Å². The van der Waals surface area contributed by atoms with Gasteiger partial charge in [0.1, 0.15) is 17.7 Å². The number of halogens is 1. The highest BCUT2D eigenvalue weighted by atomic mass is 19.1. The summed E-state index contributed by atoms with van der Waals surface area (Å²) in [6, 6.07) is 26.8. The zero-order valence-corrected chi connectivity index (χ0v) is 21.1. The topological polar surface area (TPSA) is 66.1 Å². The monoisotopic (exact) mass is 495 g/mol. The van der Waals surface area contributed by atoms with Crippen LogP contribution < -0.4 is 10.2 Å². The SMILES string of the molecule is COC1(C)CCN(c2ccc(-n3nc(NCc4ccccc4)cc3-c3ccc(C#N)c(F)c3)cc2)CC1. The van der Waals surface area contributed by atoms with E-state index in [1.54, 1.807) is 13.2 Å². The van der Waals surface area contributed by atoms with Crippen molar-refractivity contribution in [3.05, 3.63) is 95.8 Å². The van der Waals surface area contributed by atoms with Gasteiger partial charge in [-0.05, 0) is 61.7 Å². The Kier molecular flexibility index (Phi) is 6.93. The molecule has 0 spiro atoms. The third-order valence-electron chi connectivity index (χ3n) is 7.18. The minimum atomic E-state index is -0.546. The summed E-state index contributed by atoms with van der Waals surface area (Å²) in [5.41, 5.74) is 4.51. The summed E-state index contributed by atoms with van der Waals surface area (Å²) in [5.74, 6) is 0.137. The van der Waals surface area contributed by atoms with Crippen LogP contribution in [0.5, 0.6) is 0 Å². The van der Waals surface area contributed by atoms with Crippen molar-refractivity contribution in [1.82, 2.24) is 9.78 Å². The van der Waals surface area contributed by atoms with E-state index in [1.807, 2.05) is 47.1 Å². The third kappa shape index (κ3) is 5.35. The molecule has 188 valence electrons. The molecule has 7 heteroatoms. The van der Waals surface area contributed by atoms with Gasteiger partial charge in [-0.1, -0.05) is 36.4 Å². The van der Waals surface area contributed by atoms with Crippen LogP contribution in [0.4, 0.5) is 15.9 Å². The maximum absolute atomic E-state index is 14.5. The predicted molar refractivity (Wildman–Crippen MR) is 144 cm³/mol. The minimum Gasteiger partial charge on any atom is -0.378 e. The number of piperidine rings is 1. The summed E-state index contributed by atoms with van der Waals surface area (Å²) in [7, 11) is 1.79. The summed E-state index contributed by atoms with van der Waals surface area (Å²) in [6.07, 6.45) is 1.96. The lowest BCUT2D eigenvalue weighted by molar-refractivity contribution is -0.0132. The van der Waals surface area contributed by atoms with Gasteiger partial charge in [-0.3, -0.25) is 0 Å². The number of hydrogen-bond acceptors (Lipinski definition) is 5. The lowest BCUT2D eigenvalue weighted by Crippen LogP contribution is -2.43. The second-order valence-corrected chi connectivity index (χ2v) is 9.63. The van der Waals surface area contributed by atoms with Crippen LogP contribution in [0.15, 0.2) is 78.9 Å². The van der Waals surface area contributed by atoms with Gasteiger partial charge in [-0.15, -0.1) is 5.10 Å². The van der Waals surface area contributed by atoms with Gasteiger partial charge in [0.2, 0.25) is 0 Å². The van der Waals surface area contributed by atoms with Gasteiger partial charge < -0.3 is 15.0 Å². The Morgan fingerprint density at radius 2 is 1.70 bits per heavy atom. The highest BCUT2D eigenvalue weighted by molar-refractivity contribution is 5.67. The molecule has 1 aliphatic rings. The smallest absolute Gasteiger partial charge is 0.149 e. The van der Waals surface area contributed by atoms with Crippen LogP contribution in [0, 0.1) is 17.1 Å². The number of ether oxygens (including phenoxy) is 1. The molecule has 1 aliphatic heterocycles. The van der Waals surface area contributed by atoms with Crippen molar-refractivity contribution in [3.8, 4) is 23.0 Å². The van der Waals surface area contributed by atoms with Crippen LogP contribution in [0.1, 0.15) is 30.9 Å². The number of anilines is 2. The van der Waals surface area contributed by atoms with Crippen molar-refractivity contribution in [2.24, 2.45) is 0 Å². The number of nitrogens with zero attached hydrogens (tertiary/aromatic N) is 4. The van der Waals surface area contributed by atoms with E-state index in [9.17, 15) is 4.39 Å². The van der Waals surface area contributed by atoms with Crippen molar-refractivity contribution in [3.63, 3.8) is 0 Å². The zero-order chi connectivity index (χ0) is 25.8. The molecule has 1 saturated heterocycles. The normalized spacial score (nSPS) is 14.8. The molecule has 4 aromatic rings. The summed E-state index contributed by atoms with van der Waals surface area (Å²) in [4.78, 5) is 2.37. The first-order valence-electron chi connectivity index (χ1n) is 12.5. The molecule has 0 bridgehead atoms. The number of rotatable bonds is 7. The summed E-state index contributed by atoms with van der Waals surface area (Å²) in [5, 5.41) is 17.3. The molecule has 3 aromatic carbocycles. The summed E-state index contributed by atoms with van der Waals surface area (Å²) < 4.78 is 22.0. The number of benzene rings is 3. The van der Waals surface area contributed by atoms with Crippen molar-refractivity contribution in [2.75, 3.05) is 30.4 Å². The molecule has 0 unspecified atom stereocenters. The molecule has 6 nitrogen and oxygen atoms in total. The molecule has 5 rings (SSSR count). The maximum Gasteiger partial charge on any atom is 0.149 e. The van der Waals surface area contributed by atoms with E-state index in [0.29, 0.717) is 17.9 Å². The fourth-order valence-electron chi connectivity index (χ4n) is 4.67. The van der Waals surface area contributed by atoms with Gasteiger partial charge in [0.25, 0.3) is 0 Å². The first-order chi connectivity index (χ1) is 18.0.